The van der Waals surface area contributed by atoms with Crippen LogP contribution in [-0.2, 0) is 24.7 Å². The van der Waals surface area contributed by atoms with Gasteiger partial charge in [-0.25, -0.2) is 0 Å². The highest BCUT2D eigenvalue weighted by Crippen LogP contribution is 2.11. The molecule has 2 rings (SSSR count). The highest BCUT2D eigenvalue weighted by Gasteiger charge is 2.09. The van der Waals surface area contributed by atoms with Crippen molar-refractivity contribution in [2.75, 3.05) is 0 Å². The molecular weight excluding hydrogens is 290 g/mol. The first-order chi connectivity index (χ1) is 8.74. The molecule has 3 nitrogen and oxygen atoms in total. The summed E-state index contributed by atoms with van der Waals surface area (Å²) in [5.41, 5.74) is 2.67. The SMILES string of the molecule is CCn1c(CBr)nnc1CCc1cccc(C)c1. The normalized spacial score (nSPS) is 10.8. The van der Waals surface area contributed by atoms with Gasteiger partial charge in [0, 0.05) is 13.0 Å². The van der Waals surface area contributed by atoms with E-state index in [4.69, 9.17) is 0 Å². The smallest absolute Gasteiger partial charge is 0.143 e. The molecule has 0 bridgehead atoms. The molecule has 0 saturated heterocycles. The molecule has 0 unspecified atom stereocenters. The molecule has 0 aliphatic rings. The Balaban J connectivity index is 2.08. The third-order valence-electron chi connectivity index (χ3n) is 3.06. The van der Waals surface area contributed by atoms with Gasteiger partial charge < -0.3 is 4.57 Å². The Morgan fingerprint density at radius 3 is 2.61 bits per heavy atom. The lowest BCUT2D eigenvalue weighted by atomic mass is 10.1. The van der Waals surface area contributed by atoms with E-state index < -0.39 is 0 Å². The lowest BCUT2D eigenvalue weighted by Crippen LogP contribution is -2.06. The molecule has 0 amide bonds. The van der Waals surface area contributed by atoms with Crippen molar-refractivity contribution >= 4 is 15.9 Å². The summed E-state index contributed by atoms with van der Waals surface area (Å²) in [6.45, 7) is 5.18. The van der Waals surface area contributed by atoms with Crippen molar-refractivity contribution in [3.63, 3.8) is 0 Å². The molecule has 0 saturated carbocycles. The van der Waals surface area contributed by atoms with Crippen LogP contribution < -0.4 is 0 Å². The number of aromatic nitrogens is 3. The maximum absolute atomic E-state index is 4.28. The molecule has 1 heterocycles. The molecule has 0 radical (unpaired) electrons. The molecule has 1 aromatic heterocycles. The zero-order valence-corrected chi connectivity index (χ0v) is 12.4. The maximum Gasteiger partial charge on any atom is 0.143 e. The number of hydrogen-bond acceptors (Lipinski definition) is 2. The van der Waals surface area contributed by atoms with Crippen LogP contribution in [0, 0.1) is 6.92 Å². The van der Waals surface area contributed by atoms with E-state index >= 15 is 0 Å². The molecule has 0 aliphatic carbocycles. The van der Waals surface area contributed by atoms with Crippen LogP contribution in [-0.4, -0.2) is 14.8 Å². The van der Waals surface area contributed by atoms with E-state index in [0.29, 0.717) is 0 Å². The maximum atomic E-state index is 4.28. The Hall–Kier alpha value is -1.16. The molecule has 0 N–H and O–H groups in total. The fourth-order valence-corrected chi connectivity index (χ4v) is 2.56. The van der Waals surface area contributed by atoms with E-state index in [1.807, 2.05) is 0 Å². The summed E-state index contributed by atoms with van der Waals surface area (Å²) in [7, 11) is 0. The lowest BCUT2D eigenvalue weighted by molar-refractivity contribution is 0.670. The molecule has 0 atom stereocenters. The van der Waals surface area contributed by atoms with Gasteiger partial charge in [0.15, 0.2) is 0 Å². The summed E-state index contributed by atoms with van der Waals surface area (Å²) in [5, 5.41) is 9.24. The van der Waals surface area contributed by atoms with Crippen LogP contribution >= 0.6 is 15.9 Å². The first kappa shape index (κ1) is 13.3. The standard InChI is InChI=1S/C14H18BrN3/c1-3-18-13(16-17-14(18)10-15)8-7-12-6-4-5-11(2)9-12/h4-6,9H,3,7-8,10H2,1-2H3. The second-order valence-corrected chi connectivity index (χ2v) is 4.96. The minimum atomic E-state index is 0.762. The third kappa shape index (κ3) is 2.99. The topological polar surface area (TPSA) is 30.7 Å². The van der Waals surface area contributed by atoms with Crippen molar-refractivity contribution in [2.24, 2.45) is 0 Å². The Morgan fingerprint density at radius 2 is 1.94 bits per heavy atom. The monoisotopic (exact) mass is 307 g/mol. The van der Waals surface area contributed by atoms with Gasteiger partial charge in [-0.15, -0.1) is 10.2 Å². The van der Waals surface area contributed by atoms with Crippen LogP contribution in [0.1, 0.15) is 29.7 Å². The number of alkyl halides is 1. The summed E-state index contributed by atoms with van der Waals surface area (Å²) in [5.74, 6) is 2.09. The van der Waals surface area contributed by atoms with Crippen molar-refractivity contribution in [2.45, 2.75) is 38.6 Å². The van der Waals surface area contributed by atoms with Crippen molar-refractivity contribution in [1.29, 1.82) is 0 Å². The van der Waals surface area contributed by atoms with E-state index in [0.717, 1.165) is 36.4 Å². The van der Waals surface area contributed by atoms with Gasteiger partial charge in [0.05, 0.1) is 5.33 Å². The largest absolute Gasteiger partial charge is 0.315 e. The first-order valence-corrected chi connectivity index (χ1v) is 7.39. The minimum Gasteiger partial charge on any atom is -0.315 e. The highest BCUT2D eigenvalue weighted by molar-refractivity contribution is 9.08. The quantitative estimate of drug-likeness (QED) is 0.794. The van der Waals surface area contributed by atoms with Crippen LogP contribution in [0.3, 0.4) is 0 Å². The molecule has 0 spiro atoms. The minimum absolute atomic E-state index is 0.762. The predicted molar refractivity (Wildman–Crippen MR) is 76.9 cm³/mol. The molecule has 2 aromatic rings. The Bertz CT molecular complexity index is 520. The summed E-state index contributed by atoms with van der Waals surface area (Å²) in [4.78, 5) is 0. The second kappa shape index (κ2) is 6.14. The van der Waals surface area contributed by atoms with Crippen molar-refractivity contribution in [3.8, 4) is 0 Å². The van der Waals surface area contributed by atoms with Gasteiger partial charge in [0.25, 0.3) is 0 Å². The van der Waals surface area contributed by atoms with E-state index in [1.165, 1.54) is 11.1 Å². The first-order valence-electron chi connectivity index (χ1n) is 6.27. The van der Waals surface area contributed by atoms with Gasteiger partial charge in [0.1, 0.15) is 11.6 Å². The molecule has 0 aliphatic heterocycles. The molecule has 0 fully saturated rings. The number of nitrogens with zero attached hydrogens (tertiary/aromatic N) is 3. The van der Waals surface area contributed by atoms with Gasteiger partial charge in [-0.1, -0.05) is 45.8 Å². The number of hydrogen-bond donors (Lipinski definition) is 0. The summed E-state index contributed by atoms with van der Waals surface area (Å²) >= 11 is 3.44. The van der Waals surface area contributed by atoms with Gasteiger partial charge in [-0.05, 0) is 25.8 Å². The average molecular weight is 308 g/mol. The van der Waals surface area contributed by atoms with Gasteiger partial charge in [-0.2, -0.15) is 0 Å². The third-order valence-corrected chi connectivity index (χ3v) is 3.56. The molecular formula is C14H18BrN3. The number of halogens is 1. The Morgan fingerprint density at radius 1 is 1.17 bits per heavy atom. The second-order valence-electron chi connectivity index (χ2n) is 4.40. The lowest BCUT2D eigenvalue weighted by Gasteiger charge is -2.06. The summed E-state index contributed by atoms with van der Waals surface area (Å²) in [6.07, 6.45) is 1.96. The molecule has 96 valence electrons. The van der Waals surface area contributed by atoms with Crippen LogP contribution in [0.25, 0.3) is 0 Å². The number of rotatable bonds is 5. The van der Waals surface area contributed by atoms with E-state index in [-0.39, 0.29) is 0 Å². The zero-order valence-electron chi connectivity index (χ0n) is 10.9. The molecule has 1 aromatic carbocycles. The van der Waals surface area contributed by atoms with Crippen LogP contribution in [0.15, 0.2) is 24.3 Å². The summed E-state index contributed by atoms with van der Waals surface area (Å²) in [6, 6.07) is 8.64. The van der Waals surface area contributed by atoms with E-state index in [1.54, 1.807) is 0 Å². The van der Waals surface area contributed by atoms with E-state index in [2.05, 4.69) is 68.8 Å². The van der Waals surface area contributed by atoms with Gasteiger partial charge in [0.2, 0.25) is 0 Å². The van der Waals surface area contributed by atoms with Crippen LogP contribution in [0.2, 0.25) is 0 Å². The number of aryl methyl sites for hydroxylation is 3. The zero-order chi connectivity index (χ0) is 13.0. The van der Waals surface area contributed by atoms with Gasteiger partial charge in [-0.3, -0.25) is 0 Å². The van der Waals surface area contributed by atoms with Crippen molar-refractivity contribution in [3.05, 3.63) is 47.0 Å². The van der Waals surface area contributed by atoms with Crippen molar-refractivity contribution < 1.29 is 0 Å². The van der Waals surface area contributed by atoms with E-state index in [9.17, 15) is 0 Å². The summed E-state index contributed by atoms with van der Waals surface area (Å²) < 4.78 is 2.19. The van der Waals surface area contributed by atoms with Crippen LogP contribution in [0.4, 0.5) is 0 Å². The fourth-order valence-electron chi connectivity index (χ4n) is 2.15. The molecule has 4 heteroatoms. The Labute approximate surface area is 116 Å². The molecule has 18 heavy (non-hydrogen) atoms. The Kier molecular flexibility index (Phi) is 4.53. The number of benzene rings is 1. The van der Waals surface area contributed by atoms with Crippen molar-refractivity contribution in [1.82, 2.24) is 14.8 Å². The average Bonchev–Trinajstić information content (AvgIpc) is 2.78. The predicted octanol–water partition coefficient (Wildman–Crippen LogP) is 3.29. The fraction of sp³-hybridized carbons (Fsp3) is 0.429. The van der Waals surface area contributed by atoms with Crippen LogP contribution in [0.5, 0.6) is 0 Å². The van der Waals surface area contributed by atoms with Gasteiger partial charge >= 0.3 is 0 Å². The highest BCUT2D eigenvalue weighted by atomic mass is 79.9.